The summed E-state index contributed by atoms with van der Waals surface area (Å²) in [6.07, 6.45) is 3.75. The van der Waals surface area contributed by atoms with Gasteiger partial charge in [-0.05, 0) is 55.3 Å². The first-order valence-corrected chi connectivity index (χ1v) is 10.8. The second-order valence-electron chi connectivity index (χ2n) is 8.05. The van der Waals surface area contributed by atoms with E-state index in [1.807, 2.05) is 0 Å². The number of rotatable bonds is 7. The van der Waals surface area contributed by atoms with Crippen LogP contribution in [0.4, 0.5) is 5.82 Å². The Bertz CT molecular complexity index is 1340. The van der Waals surface area contributed by atoms with Gasteiger partial charge in [0.15, 0.2) is 5.82 Å². The Labute approximate surface area is 195 Å². The molecule has 2 aromatic heterocycles. The molecule has 0 saturated heterocycles. The smallest absolute Gasteiger partial charge is 0.316 e. The van der Waals surface area contributed by atoms with Gasteiger partial charge in [0.25, 0.3) is 5.91 Å². The van der Waals surface area contributed by atoms with Crippen molar-refractivity contribution in [3.8, 4) is 22.9 Å². The molecule has 0 aliphatic heterocycles. The lowest BCUT2D eigenvalue weighted by molar-refractivity contribution is 0.0735. The summed E-state index contributed by atoms with van der Waals surface area (Å²) >= 11 is 0. The fourth-order valence-electron chi connectivity index (χ4n) is 3.39. The van der Waals surface area contributed by atoms with Gasteiger partial charge >= 0.3 is 11.8 Å². The van der Waals surface area contributed by atoms with E-state index in [4.69, 9.17) is 9.26 Å². The van der Waals surface area contributed by atoms with Gasteiger partial charge in [-0.3, -0.25) is 14.3 Å². The van der Waals surface area contributed by atoms with Gasteiger partial charge < -0.3 is 19.5 Å². The summed E-state index contributed by atoms with van der Waals surface area (Å²) in [6.45, 7) is 0. The molecule has 34 heavy (non-hydrogen) atoms. The van der Waals surface area contributed by atoms with E-state index < -0.39 is 0 Å². The van der Waals surface area contributed by atoms with Crippen LogP contribution < -0.4 is 10.1 Å². The van der Waals surface area contributed by atoms with Crippen molar-refractivity contribution >= 4 is 17.6 Å². The Morgan fingerprint density at radius 3 is 2.62 bits per heavy atom. The molecule has 1 aliphatic carbocycles. The lowest BCUT2D eigenvalue weighted by atomic mass is 10.2. The zero-order valence-electron chi connectivity index (χ0n) is 18.6. The molecule has 10 nitrogen and oxygen atoms in total. The number of aromatic nitrogens is 4. The van der Waals surface area contributed by atoms with Crippen LogP contribution >= 0.6 is 0 Å². The maximum atomic E-state index is 12.5. The number of amides is 2. The molecule has 0 radical (unpaired) electrons. The van der Waals surface area contributed by atoms with Crippen LogP contribution in [0, 0.1) is 0 Å². The van der Waals surface area contributed by atoms with Crippen LogP contribution in [0.5, 0.6) is 11.5 Å². The van der Waals surface area contributed by atoms with Crippen molar-refractivity contribution in [2.75, 3.05) is 12.4 Å². The largest absolute Gasteiger partial charge is 0.457 e. The second kappa shape index (κ2) is 8.81. The van der Waals surface area contributed by atoms with Crippen molar-refractivity contribution in [3.05, 3.63) is 72.2 Å². The minimum atomic E-state index is -0.283. The molecule has 10 heteroatoms. The number of anilines is 1. The summed E-state index contributed by atoms with van der Waals surface area (Å²) in [7, 11) is 3.52. The average Bonchev–Trinajstić information content (AvgIpc) is 3.44. The van der Waals surface area contributed by atoms with Crippen molar-refractivity contribution in [2.45, 2.75) is 18.9 Å². The van der Waals surface area contributed by atoms with Gasteiger partial charge in [0.1, 0.15) is 11.5 Å². The number of nitrogens with one attached hydrogen (secondary N) is 1. The monoisotopic (exact) mass is 458 g/mol. The molecule has 1 fully saturated rings. The molecule has 172 valence electrons. The predicted molar refractivity (Wildman–Crippen MR) is 123 cm³/mol. The number of ether oxygens (including phenoxy) is 1. The molecular formula is C24H22N6O4. The van der Waals surface area contributed by atoms with E-state index >= 15 is 0 Å². The Morgan fingerprint density at radius 1 is 1.12 bits per heavy atom. The van der Waals surface area contributed by atoms with Crippen LogP contribution in [0.1, 0.15) is 33.9 Å². The molecule has 5 rings (SSSR count). The Hall–Kier alpha value is -4.47. The number of nitrogens with zero attached hydrogens (tertiary/aromatic N) is 5. The molecule has 0 atom stereocenters. The minimum Gasteiger partial charge on any atom is -0.457 e. The molecule has 0 unspecified atom stereocenters. The number of benzene rings is 2. The number of carbonyl (C=O) groups excluding carboxylic acids is 2. The van der Waals surface area contributed by atoms with E-state index in [9.17, 15) is 9.59 Å². The molecular weight excluding hydrogens is 436 g/mol. The normalized spacial score (nSPS) is 12.9. The second-order valence-corrected chi connectivity index (χ2v) is 8.05. The third-order valence-corrected chi connectivity index (χ3v) is 5.42. The molecule has 2 amide bonds. The number of aryl methyl sites for hydroxylation is 1. The summed E-state index contributed by atoms with van der Waals surface area (Å²) in [4.78, 5) is 30.7. The van der Waals surface area contributed by atoms with Crippen molar-refractivity contribution in [1.82, 2.24) is 24.8 Å². The summed E-state index contributed by atoms with van der Waals surface area (Å²) in [5, 5.41) is 10.8. The molecule has 1 N–H and O–H groups in total. The summed E-state index contributed by atoms with van der Waals surface area (Å²) in [6, 6.07) is 15.9. The molecule has 0 spiro atoms. The van der Waals surface area contributed by atoms with Crippen LogP contribution in [-0.2, 0) is 7.05 Å². The van der Waals surface area contributed by atoms with E-state index in [1.165, 1.54) is 0 Å². The van der Waals surface area contributed by atoms with Gasteiger partial charge in [-0.2, -0.15) is 10.1 Å². The number of hydrogen-bond donors (Lipinski definition) is 1. The quantitative estimate of drug-likeness (QED) is 0.448. The van der Waals surface area contributed by atoms with Crippen molar-refractivity contribution in [1.29, 1.82) is 0 Å². The lowest BCUT2D eigenvalue weighted by Gasteiger charge is -2.12. The van der Waals surface area contributed by atoms with Crippen molar-refractivity contribution < 1.29 is 18.8 Å². The highest BCUT2D eigenvalue weighted by atomic mass is 16.5. The van der Waals surface area contributed by atoms with Crippen LogP contribution in [0.25, 0.3) is 11.4 Å². The third-order valence-electron chi connectivity index (χ3n) is 5.42. The van der Waals surface area contributed by atoms with E-state index in [0.29, 0.717) is 34.3 Å². The Morgan fingerprint density at radius 2 is 1.91 bits per heavy atom. The standard InChI is InChI=1S/C24H22N6O4/c1-29-13-12-20(27-29)25-22(31)16-4-3-5-19(14-16)33-18-10-6-15(7-11-18)21-26-23(34-28-21)24(32)30(2)17-8-9-17/h3-7,10-14,17H,8-9H2,1-2H3,(H,25,27,31). The third kappa shape index (κ3) is 4.65. The van der Waals surface area contributed by atoms with Crippen LogP contribution in [0.15, 0.2) is 65.3 Å². The highest BCUT2D eigenvalue weighted by molar-refractivity contribution is 6.04. The zero-order chi connectivity index (χ0) is 23.7. The first-order valence-electron chi connectivity index (χ1n) is 10.8. The molecule has 0 bridgehead atoms. The van der Waals surface area contributed by atoms with E-state index in [0.717, 1.165) is 12.8 Å². The fourth-order valence-corrected chi connectivity index (χ4v) is 3.39. The maximum absolute atomic E-state index is 12.5. The predicted octanol–water partition coefficient (Wildman–Crippen LogP) is 3.75. The van der Waals surface area contributed by atoms with Crippen LogP contribution in [0.2, 0.25) is 0 Å². The molecule has 2 heterocycles. The van der Waals surface area contributed by atoms with Crippen molar-refractivity contribution in [3.63, 3.8) is 0 Å². The van der Waals surface area contributed by atoms with Gasteiger partial charge in [-0.15, -0.1) is 0 Å². The average molecular weight is 458 g/mol. The summed E-state index contributed by atoms with van der Waals surface area (Å²) < 4.78 is 12.7. The fraction of sp³-hybridized carbons (Fsp3) is 0.208. The molecule has 1 aliphatic rings. The van der Waals surface area contributed by atoms with Gasteiger partial charge in [0, 0.05) is 43.5 Å². The van der Waals surface area contributed by atoms with Gasteiger partial charge in [-0.1, -0.05) is 11.2 Å². The van der Waals surface area contributed by atoms with Gasteiger partial charge in [-0.25, -0.2) is 0 Å². The van der Waals surface area contributed by atoms with E-state index in [2.05, 4.69) is 20.6 Å². The Kier molecular flexibility index (Phi) is 5.54. The molecule has 4 aromatic rings. The number of carbonyl (C=O) groups is 2. The summed E-state index contributed by atoms with van der Waals surface area (Å²) in [5.41, 5.74) is 1.13. The van der Waals surface area contributed by atoms with Gasteiger partial charge in [0.2, 0.25) is 5.82 Å². The first-order chi connectivity index (χ1) is 16.5. The SMILES string of the molecule is CN(C(=O)c1nc(-c2ccc(Oc3cccc(C(=O)Nc4ccn(C)n4)c3)cc2)no1)C1CC1. The highest BCUT2D eigenvalue weighted by Crippen LogP contribution is 2.28. The van der Waals surface area contributed by atoms with Crippen LogP contribution in [0.3, 0.4) is 0 Å². The maximum Gasteiger partial charge on any atom is 0.316 e. The first kappa shape index (κ1) is 21.4. The zero-order valence-corrected chi connectivity index (χ0v) is 18.6. The minimum absolute atomic E-state index is 0.0227. The summed E-state index contributed by atoms with van der Waals surface area (Å²) in [5.74, 6) is 1.30. The van der Waals surface area contributed by atoms with E-state index in [-0.39, 0.29) is 23.7 Å². The van der Waals surface area contributed by atoms with Crippen LogP contribution in [-0.4, -0.2) is 49.7 Å². The molecule has 2 aromatic carbocycles. The Balaban J connectivity index is 1.24. The van der Waals surface area contributed by atoms with E-state index in [1.54, 1.807) is 84.5 Å². The highest BCUT2D eigenvalue weighted by Gasteiger charge is 2.32. The van der Waals surface area contributed by atoms with Gasteiger partial charge in [0.05, 0.1) is 0 Å². The molecule has 1 saturated carbocycles. The van der Waals surface area contributed by atoms with Crippen molar-refractivity contribution in [2.24, 2.45) is 7.05 Å². The number of hydrogen-bond acceptors (Lipinski definition) is 7. The topological polar surface area (TPSA) is 115 Å². The lowest BCUT2D eigenvalue weighted by Crippen LogP contribution is -2.28.